The highest BCUT2D eigenvalue weighted by molar-refractivity contribution is 5.91. The second-order valence-electron chi connectivity index (χ2n) is 5.78. The Morgan fingerprint density at radius 3 is 3.04 bits per heavy atom. The number of furan rings is 1. The summed E-state index contributed by atoms with van der Waals surface area (Å²) in [4.78, 5) is 16.0. The van der Waals surface area contributed by atoms with E-state index >= 15 is 0 Å². The van der Waals surface area contributed by atoms with Crippen LogP contribution in [0, 0.1) is 5.92 Å². The monoisotopic (exact) mass is 312 g/mol. The van der Waals surface area contributed by atoms with Crippen molar-refractivity contribution in [2.75, 3.05) is 7.11 Å². The molecule has 120 valence electrons. The van der Waals surface area contributed by atoms with E-state index < -0.39 is 0 Å². The first kappa shape index (κ1) is 15.3. The maximum Gasteiger partial charge on any atom is 0.244 e. The molecule has 2 heterocycles. The zero-order valence-corrected chi connectivity index (χ0v) is 13.3. The number of rotatable bonds is 6. The first-order valence-electron chi connectivity index (χ1n) is 7.71. The number of nitrogens with zero attached hydrogens (tertiary/aromatic N) is 1. The molecular weight excluding hydrogens is 292 g/mol. The van der Waals surface area contributed by atoms with E-state index in [1.54, 1.807) is 19.4 Å². The van der Waals surface area contributed by atoms with Crippen LogP contribution in [-0.4, -0.2) is 18.0 Å². The van der Waals surface area contributed by atoms with E-state index in [1.165, 1.54) is 12.5 Å². The lowest BCUT2D eigenvalue weighted by atomic mass is 10.2. The minimum absolute atomic E-state index is 0.186. The molecule has 0 radical (unpaired) electrons. The Morgan fingerprint density at radius 1 is 1.48 bits per heavy atom. The standard InChI is InChI=1S/C18H20N2O3/c1-12-10-15(12)16-7-5-14(23-16)6-8-17(21)20-11-13-4-3-9-19-18(13)22-2/h3-9,12,15H,10-11H2,1-2H3,(H,20,21)/b8-6+. The van der Waals surface area contributed by atoms with Crippen LogP contribution in [0.2, 0.25) is 0 Å². The second kappa shape index (κ2) is 6.69. The van der Waals surface area contributed by atoms with Gasteiger partial charge in [0, 0.05) is 30.3 Å². The van der Waals surface area contributed by atoms with Gasteiger partial charge in [0.1, 0.15) is 11.5 Å². The third-order valence-corrected chi connectivity index (χ3v) is 4.02. The van der Waals surface area contributed by atoms with Gasteiger partial charge in [-0.15, -0.1) is 0 Å². The van der Waals surface area contributed by atoms with Crippen molar-refractivity contribution in [3.8, 4) is 5.88 Å². The van der Waals surface area contributed by atoms with E-state index in [-0.39, 0.29) is 5.91 Å². The maximum atomic E-state index is 11.9. The molecule has 5 nitrogen and oxygen atoms in total. The molecule has 3 rings (SSSR count). The Balaban J connectivity index is 1.53. The van der Waals surface area contributed by atoms with Crippen molar-refractivity contribution in [3.63, 3.8) is 0 Å². The fourth-order valence-electron chi connectivity index (χ4n) is 2.52. The van der Waals surface area contributed by atoms with Crippen molar-refractivity contribution in [3.05, 3.63) is 53.6 Å². The first-order valence-corrected chi connectivity index (χ1v) is 7.71. The third kappa shape index (κ3) is 3.80. The summed E-state index contributed by atoms with van der Waals surface area (Å²) in [5.74, 6) is 3.30. The van der Waals surface area contributed by atoms with Crippen LogP contribution in [0.1, 0.15) is 36.3 Å². The quantitative estimate of drug-likeness (QED) is 0.832. The molecule has 2 atom stereocenters. The molecule has 0 aromatic carbocycles. The number of hydrogen-bond acceptors (Lipinski definition) is 4. The molecule has 2 aromatic rings. The van der Waals surface area contributed by atoms with Gasteiger partial charge in [0.2, 0.25) is 11.8 Å². The smallest absolute Gasteiger partial charge is 0.244 e. The summed E-state index contributed by atoms with van der Waals surface area (Å²) in [7, 11) is 1.56. The van der Waals surface area contributed by atoms with Crippen LogP contribution >= 0.6 is 0 Å². The van der Waals surface area contributed by atoms with Gasteiger partial charge < -0.3 is 14.5 Å². The fourth-order valence-corrected chi connectivity index (χ4v) is 2.52. The van der Waals surface area contributed by atoms with E-state index in [2.05, 4.69) is 17.2 Å². The number of aromatic nitrogens is 1. The largest absolute Gasteiger partial charge is 0.481 e. The molecule has 23 heavy (non-hydrogen) atoms. The van der Waals surface area contributed by atoms with Crippen molar-refractivity contribution in [1.82, 2.24) is 10.3 Å². The third-order valence-electron chi connectivity index (χ3n) is 4.02. The second-order valence-corrected chi connectivity index (χ2v) is 5.78. The molecule has 1 amide bonds. The van der Waals surface area contributed by atoms with Gasteiger partial charge in [0.05, 0.1) is 7.11 Å². The van der Waals surface area contributed by atoms with E-state index in [9.17, 15) is 4.79 Å². The molecule has 5 heteroatoms. The lowest BCUT2D eigenvalue weighted by Gasteiger charge is -2.06. The van der Waals surface area contributed by atoms with Gasteiger partial charge in [-0.1, -0.05) is 13.0 Å². The van der Waals surface area contributed by atoms with E-state index in [0.717, 1.165) is 11.3 Å². The molecule has 1 aliphatic carbocycles. The molecule has 0 spiro atoms. The molecule has 2 aromatic heterocycles. The predicted octanol–water partition coefficient (Wildman–Crippen LogP) is 3.14. The average molecular weight is 312 g/mol. The molecule has 1 aliphatic rings. The van der Waals surface area contributed by atoms with E-state index in [0.29, 0.717) is 30.0 Å². The fraction of sp³-hybridized carbons (Fsp3) is 0.333. The van der Waals surface area contributed by atoms with Crippen LogP contribution in [0.15, 0.2) is 41.0 Å². The molecule has 0 saturated heterocycles. The zero-order valence-electron chi connectivity index (χ0n) is 13.3. The highest BCUT2D eigenvalue weighted by Crippen LogP contribution is 2.47. The lowest BCUT2D eigenvalue weighted by Crippen LogP contribution is -2.20. The summed E-state index contributed by atoms with van der Waals surface area (Å²) in [5.41, 5.74) is 0.833. The minimum Gasteiger partial charge on any atom is -0.481 e. The van der Waals surface area contributed by atoms with Gasteiger partial charge >= 0.3 is 0 Å². The summed E-state index contributed by atoms with van der Waals surface area (Å²) in [6, 6.07) is 7.56. The average Bonchev–Trinajstić information content (AvgIpc) is 3.11. The van der Waals surface area contributed by atoms with Gasteiger partial charge in [-0.3, -0.25) is 4.79 Å². The summed E-state index contributed by atoms with van der Waals surface area (Å²) in [5, 5.41) is 2.81. The number of pyridine rings is 1. The number of ether oxygens (including phenoxy) is 1. The van der Waals surface area contributed by atoms with Crippen LogP contribution in [0.3, 0.4) is 0 Å². The summed E-state index contributed by atoms with van der Waals surface area (Å²) >= 11 is 0. The van der Waals surface area contributed by atoms with Crippen molar-refractivity contribution in [1.29, 1.82) is 0 Å². The van der Waals surface area contributed by atoms with Crippen LogP contribution in [0.4, 0.5) is 0 Å². The number of carbonyl (C=O) groups excluding carboxylic acids is 1. The number of amides is 1. The number of carbonyl (C=O) groups is 1. The molecular formula is C18H20N2O3. The topological polar surface area (TPSA) is 64.4 Å². The highest BCUT2D eigenvalue weighted by Gasteiger charge is 2.36. The van der Waals surface area contributed by atoms with Gasteiger partial charge in [-0.05, 0) is 36.6 Å². The summed E-state index contributed by atoms with van der Waals surface area (Å²) in [6.07, 6.45) is 6.00. The van der Waals surface area contributed by atoms with Crippen molar-refractivity contribution < 1.29 is 13.9 Å². The van der Waals surface area contributed by atoms with Crippen molar-refractivity contribution in [2.45, 2.75) is 25.8 Å². The maximum absolute atomic E-state index is 11.9. The lowest BCUT2D eigenvalue weighted by molar-refractivity contribution is -0.116. The first-order chi connectivity index (χ1) is 11.2. The Hall–Kier alpha value is -2.56. The van der Waals surface area contributed by atoms with Crippen molar-refractivity contribution in [2.24, 2.45) is 5.92 Å². The number of hydrogen-bond donors (Lipinski definition) is 1. The Bertz CT molecular complexity index is 721. The predicted molar refractivity (Wildman–Crippen MR) is 86.9 cm³/mol. The highest BCUT2D eigenvalue weighted by atomic mass is 16.5. The molecule has 1 saturated carbocycles. The van der Waals surface area contributed by atoms with E-state index in [1.807, 2.05) is 24.3 Å². The van der Waals surface area contributed by atoms with Crippen molar-refractivity contribution >= 4 is 12.0 Å². The number of methoxy groups -OCH3 is 1. The normalized spacial score (nSPS) is 19.7. The van der Waals surface area contributed by atoms with Crippen LogP contribution in [-0.2, 0) is 11.3 Å². The number of nitrogens with one attached hydrogen (secondary N) is 1. The molecule has 0 bridgehead atoms. The minimum atomic E-state index is -0.186. The Kier molecular flexibility index (Phi) is 4.46. The molecule has 1 fully saturated rings. The zero-order chi connectivity index (χ0) is 16.2. The SMILES string of the molecule is COc1ncccc1CNC(=O)/C=C/c1ccc(C2CC2C)o1. The van der Waals surface area contributed by atoms with Gasteiger partial charge in [-0.2, -0.15) is 0 Å². The molecule has 2 unspecified atom stereocenters. The van der Waals surface area contributed by atoms with Crippen LogP contribution in [0.25, 0.3) is 6.08 Å². The van der Waals surface area contributed by atoms with Gasteiger partial charge in [0.15, 0.2) is 0 Å². The van der Waals surface area contributed by atoms with Gasteiger partial charge in [-0.25, -0.2) is 4.98 Å². The van der Waals surface area contributed by atoms with Crippen LogP contribution in [0.5, 0.6) is 5.88 Å². The molecule has 0 aliphatic heterocycles. The molecule has 1 N–H and O–H groups in total. The summed E-state index contributed by atoms with van der Waals surface area (Å²) in [6.45, 7) is 2.58. The summed E-state index contributed by atoms with van der Waals surface area (Å²) < 4.78 is 10.9. The Morgan fingerprint density at radius 2 is 2.30 bits per heavy atom. The Labute approximate surface area is 135 Å². The van der Waals surface area contributed by atoms with Crippen LogP contribution < -0.4 is 10.1 Å². The van der Waals surface area contributed by atoms with Gasteiger partial charge in [0.25, 0.3) is 0 Å². The van der Waals surface area contributed by atoms with E-state index in [4.69, 9.17) is 9.15 Å².